The first-order valence-electron chi connectivity index (χ1n) is 11.7. The van der Waals surface area contributed by atoms with Gasteiger partial charge in [-0.1, -0.05) is 42.5 Å². The molecule has 1 aliphatic heterocycles. The Morgan fingerprint density at radius 3 is 2.62 bits per heavy atom. The van der Waals surface area contributed by atoms with Crippen LogP contribution in [0.15, 0.2) is 53.4 Å². The van der Waals surface area contributed by atoms with Crippen LogP contribution < -0.4 is 4.90 Å². The lowest BCUT2D eigenvalue weighted by Gasteiger charge is -2.34. The smallest absolute Gasteiger partial charge is 0.243 e. The highest BCUT2D eigenvalue weighted by Crippen LogP contribution is 2.32. The Bertz CT molecular complexity index is 1240. The van der Waals surface area contributed by atoms with Gasteiger partial charge in [0.25, 0.3) is 0 Å². The third-order valence-electron chi connectivity index (χ3n) is 6.23. The van der Waals surface area contributed by atoms with Gasteiger partial charge in [0, 0.05) is 26.2 Å². The predicted octanol–water partition coefficient (Wildman–Crippen LogP) is 3.85. The first-order chi connectivity index (χ1) is 16.3. The predicted molar refractivity (Wildman–Crippen MR) is 138 cm³/mol. The van der Waals surface area contributed by atoms with Gasteiger partial charge in [-0.3, -0.25) is 9.69 Å². The average Bonchev–Trinajstić information content (AvgIpc) is 3.27. The second-order valence-corrected chi connectivity index (χ2v) is 11.9. The van der Waals surface area contributed by atoms with Crippen molar-refractivity contribution in [2.75, 3.05) is 45.2 Å². The van der Waals surface area contributed by atoms with E-state index in [1.54, 1.807) is 35.2 Å². The molecule has 1 fully saturated rings. The van der Waals surface area contributed by atoms with Crippen LogP contribution in [-0.2, 0) is 21.2 Å². The molecule has 34 heavy (non-hydrogen) atoms. The molecule has 182 valence electrons. The highest BCUT2D eigenvalue weighted by molar-refractivity contribution is 7.89. The summed E-state index contributed by atoms with van der Waals surface area (Å²) in [5, 5.41) is 0.679. The Balaban J connectivity index is 1.60. The second kappa shape index (κ2) is 10.5. The number of hydrogen-bond donors (Lipinski definition) is 0. The summed E-state index contributed by atoms with van der Waals surface area (Å²) in [4.78, 5) is 22.6. The molecule has 1 aliphatic rings. The Labute approximate surface area is 206 Å². The number of piperidine rings is 1. The van der Waals surface area contributed by atoms with Crippen molar-refractivity contribution in [2.24, 2.45) is 5.92 Å². The zero-order chi connectivity index (χ0) is 24.3. The van der Waals surface area contributed by atoms with Crippen molar-refractivity contribution in [1.82, 2.24) is 14.2 Å². The van der Waals surface area contributed by atoms with E-state index >= 15 is 0 Å². The maximum Gasteiger partial charge on any atom is 0.243 e. The monoisotopic (exact) mass is 500 g/mol. The molecule has 1 amide bonds. The summed E-state index contributed by atoms with van der Waals surface area (Å²) in [5.41, 5.74) is 2.12. The van der Waals surface area contributed by atoms with Gasteiger partial charge in [0.15, 0.2) is 5.13 Å². The number of hydrogen-bond acceptors (Lipinski definition) is 6. The number of benzene rings is 2. The van der Waals surface area contributed by atoms with Crippen molar-refractivity contribution >= 4 is 42.6 Å². The molecular formula is C25H32N4O3S2. The fraction of sp³-hybridized carbons (Fsp3) is 0.440. The number of aromatic nitrogens is 1. The van der Waals surface area contributed by atoms with E-state index in [9.17, 15) is 13.2 Å². The molecule has 0 saturated carbocycles. The third kappa shape index (κ3) is 5.33. The largest absolute Gasteiger partial charge is 0.308 e. The minimum absolute atomic E-state index is 0.0513. The first-order valence-corrected chi connectivity index (χ1v) is 14.0. The number of fused-ring (bicyclic) bond motifs is 1. The Morgan fingerprint density at radius 2 is 1.91 bits per heavy atom. The van der Waals surface area contributed by atoms with Crippen LogP contribution in [0.5, 0.6) is 0 Å². The van der Waals surface area contributed by atoms with Crippen molar-refractivity contribution < 1.29 is 13.2 Å². The molecule has 0 spiro atoms. The van der Waals surface area contributed by atoms with Gasteiger partial charge in [-0.25, -0.2) is 13.4 Å². The van der Waals surface area contributed by atoms with Crippen molar-refractivity contribution in [2.45, 2.75) is 31.1 Å². The minimum atomic E-state index is -3.63. The highest BCUT2D eigenvalue weighted by Gasteiger charge is 2.36. The maximum absolute atomic E-state index is 13.8. The Morgan fingerprint density at radius 1 is 1.15 bits per heavy atom. The molecule has 2 heterocycles. The SMILES string of the molecule is CCc1ccc2nc(N(CCN(C)C)C(=O)C3CCCN(S(=O)(=O)c4ccccc4)C3)sc2c1. The Kier molecular flexibility index (Phi) is 7.67. The number of anilines is 1. The summed E-state index contributed by atoms with van der Waals surface area (Å²) in [6, 6.07) is 14.7. The number of nitrogens with zero attached hydrogens (tertiary/aromatic N) is 4. The van der Waals surface area contributed by atoms with Gasteiger partial charge in [-0.2, -0.15) is 4.31 Å². The van der Waals surface area contributed by atoms with Crippen LogP contribution in [-0.4, -0.2) is 68.8 Å². The fourth-order valence-corrected chi connectivity index (χ4v) is 6.82. The summed E-state index contributed by atoms with van der Waals surface area (Å²) in [7, 11) is 0.320. The van der Waals surface area contributed by atoms with E-state index in [2.05, 4.69) is 19.1 Å². The van der Waals surface area contributed by atoms with Crippen molar-refractivity contribution in [3.63, 3.8) is 0 Å². The van der Waals surface area contributed by atoms with Crippen LogP contribution in [0.4, 0.5) is 5.13 Å². The van der Waals surface area contributed by atoms with Crippen LogP contribution in [0.25, 0.3) is 10.2 Å². The number of thiazole rings is 1. The quantitative estimate of drug-likeness (QED) is 0.470. The van der Waals surface area contributed by atoms with Gasteiger partial charge in [-0.15, -0.1) is 0 Å². The number of sulfonamides is 1. The molecule has 4 rings (SSSR count). The van der Waals surface area contributed by atoms with E-state index in [1.807, 2.05) is 25.1 Å². The van der Waals surface area contributed by atoms with Crippen molar-refractivity contribution in [3.05, 3.63) is 54.1 Å². The molecule has 9 heteroatoms. The zero-order valence-corrected chi connectivity index (χ0v) is 21.6. The molecule has 1 aromatic heterocycles. The molecule has 7 nitrogen and oxygen atoms in total. The zero-order valence-electron chi connectivity index (χ0n) is 20.0. The normalized spacial score (nSPS) is 17.4. The number of amides is 1. The summed E-state index contributed by atoms with van der Waals surface area (Å²) in [6.07, 6.45) is 2.27. The van der Waals surface area contributed by atoms with Crippen LogP contribution in [0, 0.1) is 5.92 Å². The van der Waals surface area contributed by atoms with E-state index < -0.39 is 15.9 Å². The van der Waals surface area contributed by atoms with E-state index in [1.165, 1.54) is 21.2 Å². The number of likely N-dealkylation sites (N-methyl/N-ethyl adjacent to an activating group) is 1. The molecule has 0 radical (unpaired) electrons. The molecule has 0 bridgehead atoms. The molecule has 0 N–H and O–H groups in total. The van der Waals surface area contributed by atoms with E-state index in [4.69, 9.17) is 4.98 Å². The summed E-state index contributed by atoms with van der Waals surface area (Å²) < 4.78 is 28.9. The van der Waals surface area contributed by atoms with Crippen LogP contribution >= 0.6 is 11.3 Å². The van der Waals surface area contributed by atoms with E-state index in [0.29, 0.717) is 37.6 Å². The molecular weight excluding hydrogens is 468 g/mol. The van der Waals surface area contributed by atoms with Crippen molar-refractivity contribution in [3.8, 4) is 0 Å². The van der Waals surface area contributed by atoms with Gasteiger partial charge < -0.3 is 4.90 Å². The standard InChI is InChI=1S/C25H32N4O3S2/c1-4-19-12-13-22-23(17-19)33-25(26-22)29(16-15-27(2)3)24(30)20-9-8-14-28(18-20)34(31,32)21-10-6-5-7-11-21/h5-7,10-13,17,20H,4,8-9,14-16,18H2,1-3H3. The molecule has 1 unspecified atom stereocenters. The lowest BCUT2D eigenvalue weighted by atomic mass is 9.98. The lowest BCUT2D eigenvalue weighted by Crippen LogP contribution is -2.48. The number of aryl methyl sites for hydroxylation is 1. The lowest BCUT2D eigenvalue weighted by molar-refractivity contribution is -0.123. The minimum Gasteiger partial charge on any atom is -0.308 e. The number of rotatable bonds is 8. The van der Waals surface area contributed by atoms with Gasteiger partial charge in [0.05, 0.1) is 21.0 Å². The van der Waals surface area contributed by atoms with Crippen LogP contribution in [0.2, 0.25) is 0 Å². The summed E-state index contributed by atoms with van der Waals surface area (Å²) in [5.74, 6) is -0.447. The average molecular weight is 501 g/mol. The topological polar surface area (TPSA) is 73.8 Å². The van der Waals surface area contributed by atoms with Gasteiger partial charge >= 0.3 is 0 Å². The van der Waals surface area contributed by atoms with Crippen LogP contribution in [0.3, 0.4) is 0 Å². The van der Waals surface area contributed by atoms with Gasteiger partial charge in [0.1, 0.15) is 0 Å². The fourth-order valence-electron chi connectivity index (χ4n) is 4.22. The van der Waals surface area contributed by atoms with Gasteiger partial charge in [-0.05, 0) is 63.2 Å². The molecule has 1 saturated heterocycles. The molecule has 2 aromatic carbocycles. The van der Waals surface area contributed by atoms with Crippen molar-refractivity contribution in [1.29, 1.82) is 0 Å². The van der Waals surface area contributed by atoms with Gasteiger partial charge in [0.2, 0.25) is 15.9 Å². The molecule has 1 atom stereocenters. The Hall–Kier alpha value is -2.33. The van der Waals surface area contributed by atoms with E-state index in [0.717, 1.165) is 16.6 Å². The molecule has 0 aliphatic carbocycles. The maximum atomic E-state index is 13.8. The third-order valence-corrected chi connectivity index (χ3v) is 9.15. The van der Waals surface area contributed by atoms with E-state index in [-0.39, 0.29) is 17.3 Å². The molecule has 3 aromatic rings. The first kappa shape index (κ1) is 24.8. The number of carbonyl (C=O) groups excluding carboxylic acids is 1. The highest BCUT2D eigenvalue weighted by atomic mass is 32.2. The number of carbonyl (C=O) groups is 1. The summed E-state index contributed by atoms with van der Waals surface area (Å²) >= 11 is 1.53. The second-order valence-electron chi connectivity index (χ2n) is 8.96. The van der Waals surface area contributed by atoms with Crippen LogP contribution in [0.1, 0.15) is 25.3 Å². The summed E-state index contributed by atoms with van der Waals surface area (Å²) in [6.45, 7) is 3.95.